The Morgan fingerprint density at radius 3 is 2.64 bits per heavy atom. The highest BCUT2D eigenvalue weighted by molar-refractivity contribution is 6.76. The van der Waals surface area contributed by atoms with Crippen LogP contribution in [0.1, 0.15) is 61.4 Å². The van der Waals surface area contributed by atoms with Gasteiger partial charge in [-0.15, -0.1) is 5.10 Å². The van der Waals surface area contributed by atoms with Gasteiger partial charge in [0.15, 0.2) is 5.69 Å². The Kier molecular flexibility index (Phi) is 6.46. The minimum Gasteiger partial charge on any atom is -0.455 e. The third-order valence-electron chi connectivity index (χ3n) is 5.57. The zero-order valence-corrected chi connectivity index (χ0v) is 21.6. The van der Waals surface area contributed by atoms with E-state index in [1.165, 1.54) is 18.4 Å². The van der Waals surface area contributed by atoms with Crippen molar-refractivity contribution < 1.29 is 14.3 Å². The summed E-state index contributed by atoms with van der Waals surface area (Å²) in [5.74, 6) is 1.01. The van der Waals surface area contributed by atoms with Crippen molar-refractivity contribution in [3.05, 3.63) is 41.5 Å². The molecule has 1 aromatic carbocycles. The number of imidazole rings is 1. The molecule has 4 rings (SSSR count). The van der Waals surface area contributed by atoms with Gasteiger partial charge in [0.1, 0.15) is 24.7 Å². The first-order valence-electron chi connectivity index (χ1n) is 11.7. The number of rotatable bonds is 9. The van der Waals surface area contributed by atoms with Crippen LogP contribution in [0.25, 0.3) is 11.0 Å². The van der Waals surface area contributed by atoms with Crippen molar-refractivity contribution >= 4 is 25.1 Å². The molecular weight excluding hydrogens is 434 g/mol. The molecular formula is C24H35N5O3Si. The Bertz CT molecular complexity index is 1140. The monoisotopic (exact) mass is 469 g/mol. The second kappa shape index (κ2) is 9.02. The molecule has 0 N–H and O–H groups in total. The topological polar surface area (TPSA) is 84.1 Å². The molecule has 9 heteroatoms. The quantitative estimate of drug-likeness (QED) is 0.254. The van der Waals surface area contributed by atoms with E-state index < -0.39 is 19.6 Å². The van der Waals surface area contributed by atoms with Crippen LogP contribution in [-0.4, -0.2) is 50.8 Å². The molecule has 1 saturated carbocycles. The zero-order chi connectivity index (χ0) is 23.8. The molecule has 2 heterocycles. The van der Waals surface area contributed by atoms with Gasteiger partial charge in [-0.1, -0.05) is 30.9 Å². The third kappa shape index (κ3) is 6.29. The molecule has 33 heavy (non-hydrogen) atoms. The Morgan fingerprint density at radius 1 is 1.21 bits per heavy atom. The van der Waals surface area contributed by atoms with Crippen LogP contribution in [0.4, 0.5) is 0 Å². The van der Waals surface area contributed by atoms with Crippen molar-refractivity contribution in [1.82, 2.24) is 24.5 Å². The molecule has 8 nitrogen and oxygen atoms in total. The summed E-state index contributed by atoms with van der Waals surface area (Å²) in [6.45, 7) is 14.1. The van der Waals surface area contributed by atoms with Gasteiger partial charge in [-0.2, -0.15) is 0 Å². The van der Waals surface area contributed by atoms with Gasteiger partial charge in [-0.3, -0.25) is 0 Å². The fourth-order valence-corrected chi connectivity index (χ4v) is 4.37. The van der Waals surface area contributed by atoms with E-state index in [4.69, 9.17) is 14.5 Å². The largest absolute Gasteiger partial charge is 0.455 e. The number of ether oxygens (including phenoxy) is 2. The van der Waals surface area contributed by atoms with E-state index in [1.807, 2.05) is 20.8 Å². The first-order valence-corrected chi connectivity index (χ1v) is 15.4. The smallest absolute Gasteiger partial charge is 0.361 e. The van der Waals surface area contributed by atoms with Crippen LogP contribution in [0.2, 0.25) is 25.7 Å². The van der Waals surface area contributed by atoms with Gasteiger partial charge in [0.25, 0.3) is 0 Å². The van der Waals surface area contributed by atoms with Crippen LogP contribution >= 0.6 is 0 Å². The summed E-state index contributed by atoms with van der Waals surface area (Å²) >= 11 is 0. The Morgan fingerprint density at radius 2 is 1.97 bits per heavy atom. The maximum atomic E-state index is 12.3. The van der Waals surface area contributed by atoms with Gasteiger partial charge in [0, 0.05) is 14.7 Å². The molecule has 1 fully saturated rings. The summed E-state index contributed by atoms with van der Waals surface area (Å²) in [5.41, 5.74) is 2.98. The fraction of sp³-hybridized carbons (Fsp3) is 0.583. The van der Waals surface area contributed by atoms with E-state index in [2.05, 4.69) is 52.7 Å². The number of carbonyl (C=O) groups excluding carboxylic acids is 1. The average Bonchev–Trinajstić information content (AvgIpc) is 3.35. The Labute approximate surface area is 196 Å². The van der Waals surface area contributed by atoms with Crippen LogP contribution in [0, 0.1) is 0 Å². The Balaban J connectivity index is 1.55. The molecule has 2 aromatic heterocycles. The third-order valence-corrected chi connectivity index (χ3v) is 7.27. The molecule has 178 valence electrons. The SMILES string of the molecule is CC(C)(C)OC(=O)c1cn(Cc2nc3cc(C4CC4)ccc3n2COCC[Si](C)(C)C)nn1. The number of hydrogen-bond donors (Lipinski definition) is 0. The molecule has 0 atom stereocenters. The van der Waals surface area contributed by atoms with Gasteiger partial charge in [-0.05, 0) is 63.3 Å². The van der Waals surface area contributed by atoms with Gasteiger partial charge in [0.2, 0.25) is 0 Å². The van der Waals surface area contributed by atoms with E-state index in [0.29, 0.717) is 19.2 Å². The van der Waals surface area contributed by atoms with Crippen molar-refractivity contribution in [3.63, 3.8) is 0 Å². The molecule has 0 unspecified atom stereocenters. The molecule has 1 aliphatic carbocycles. The van der Waals surface area contributed by atoms with E-state index >= 15 is 0 Å². The van der Waals surface area contributed by atoms with Crippen LogP contribution in [0.3, 0.4) is 0 Å². The van der Waals surface area contributed by atoms with E-state index in [9.17, 15) is 4.79 Å². The number of aromatic nitrogens is 5. The van der Waals surface area contributed by atoms with Crippen molar-refractivity contribution in [2.45, 2.75) is 84.1 Å². The summed E-state index contributed by atoms with van der Waals surface area (Å²) < 4.78 is 15.2. The van der Waals surface area contributed by atoms with E-state index in [0.717, 1.165) is 29.5 Å². The summed E-state index contributed by atoms with van der Waals surface area (Å²) in [6, 6.07) is 7.67. The highest BCUT2D eigenvalue weighted by Gasteiger charge is 2.25. The first kappa shape index (κ1) is 23.6. The van der Waals surface area contributed by atoms with Crippen LogP contribution in [0.5, 0.6) is 0 Å². The lowest BCUT2D eigenvalue weighted by Gasteiger charge is -2.18. The number of carbonyl (C=O) groups is 1. The number of nitrogens with zero attached hydrogens (tertiary/aromatic N) is 5. The molecule has 0 bridgehead atoms. The van der Waals surface area contributed by atoms with Gasteiger partial charge in [-0.25, -0.2) is 14.5 Å². The van der Waals surface area contributed by atoms with E-state index in [-0.39, 0.29) is 5.69 Å². The normalized spacial score (nSPS) is 14.7. The van der Waals surface area contributed by atoms with Crippen LogP contribution < -0.4 is 0 Å². The van der Waals surface area contributed by atoms with Crippen LogP contribution in [0.15, 0.2) is 24.4 Å². The molecule has 3 aromatic rings. The summed E-state index contributed by atoms with van der Waals surface area (Å²) in [6.07, 6.45) is 4.12. The predicted octanol–water partition coefficient (Wildman–Crippen LogP) is 4.82. The molecule has 0 amide bonds. The Hall–Kier alpha value is -2.52. The highest BCUT2D eigenvalue weighted by atomic mass is 28.3. The first-order chi connectivity index (χ1) is 15.5. The minimum atomic E-state index is -1.16. The van der Waals surface area contributed by atoms with Crippen molar-refractivity contribution in [2.75, 3.05) is 6.61 Å². The lowest BCUT2D eigenvalue weighted by Crippen LogP contribution is -2.24. The molecule has 0 radical (unpaired) electrons. The van der Waals surface area contributed by atoms with Crippen molar-refractivity contribution in [2.24, 2.45) is 0 Å². The van der Waals surface area contributed by atoms with E-state index in [1.54, 1.807) is 10.9 Å². The summed E-state index contributed by atoms with van der Waals surface area (Å²) in [7, 11) is -1.16. The van der Waals surface area contributed by atoms with Crippen LogP contribution in [-0.2, 0) is 22.7 Å². The van der Waals surface area contributed by atoms with Gasteiger partial charge >= 0.3 is 5.97 Å². The fourth-order valence-electron chi connectivity index (χ4n) is 3.61. The number of hydrogen-bond acceptors (Lipinski definition) is 6. The lowest BCUT2D eigenvalue weighted by atomic mass is 10.1. The second-order valence-electron chi connectivity index (χ2n) is 11.1. The summed E-state index contributed by atoms with van der Waals surface area (Å²) in [5, 5.41) is 8.14. The predicted molar refractivity (Wildman–Crippen MR) is 130 cm³/mol. The molecule has 0 saturated heterocycles. The summed E-state index contributed by atoms with van der Waals surface area (Å²) in [4.78, 5) is 17.2. The van der Waals surface area contributed by atoms with Crippen molar-refractivity contribution in [3.8, 4) is 0 Å². The number of esters is 1. The molecule has 0 aliphatic heterocycles. The number of benzene rings is 1. The van der Waals surface area contributed by atoms with Gasteiger partial charge in [0.05, 0.1) is 17.2 Å². The zero-order valence-electron chi connectivity index (χ0n) is 20.6. The lowest BCUT2D eigenvalue weighted by molar-refractivity contribution is 0.00626. The van der Waals surface area contributed by atoms with Crippen molar-refractivity contribution in [1.29, 1.82) is 0 Å². The molecule has 1 aliphatic rings. The average molecular weight is 470 g/mol. The maximum absolute atomic E-state index is 12.3. The van der Waals surface area contributed by atoms with Gasteiger partial charge < -0.3 is 14.0 Å². The maximum Gasteiger partial charge on any atom is 0.361 e. The molecule has 0 spiro atoms. The number of fused-ring (bicyclic) bond motifs is 1. The second-order valence-corrected chi connectivity index (χ2v) is 16.8. The standard InChI is InChI=1S/C24H35N5O3Si/c1-24(2,3)32-23(30)20-14-28(27-26-20)15-22-25-19-13-18(17-7-8-17)9-10-21(19)29(22)16-31-11-12-33(4,5)6/h9-10,13-14,17H,7-8,11-12,15-16H2,1-6H3. The minimum absolute atomic E-state index is 0.190. The highest BCUT2D eigenvalue weighted by Crippen LogP contribution is 2.40.